The molecule has 0 aromatic carbocycles. The zero-order valence-electron chi connectivity index (χ0n) is 8.99. The van der Waals surface area contributed by atoms with Crippen molar-refractivity contribution in [3.8, 4) is 0 Å². The van der Waals surface area contributed by atoms with Gasteiger partial charge in [-0.05, 0) is 37.5 Å². The van der Waals surface area contributed by atoms with E-state index in [1.165, 1.54) is 38.5 Å². The van der Waals surface area contributed by atoms with Gasteiger partial charge in [0.1, 0.15) is 0 Å². The fourth-order valence-electron chi connectivity index (χ4n) is 2.95. The van der Waals surface area contributed by atoms with Crippen LogP contribution in [0.2, 0.25) is 0 Å². The monoisotopic (exact) mass is 194 g/mol. The van der Waals surface area contributed by atoms with Crippen LogP contribution in [0.3, 0.4) is 0 Å². The van der Waals surface area contributed by atoms with E-state index in [1.807, 2.05) is 0 Å². The van der Waals surface area contributed by atoms with E-state index >= 15 is 0 Å². The largest absolute Gasteiger partial charge is 0.393 e. The van der Waals surface area contributed by atoms with Crippen molar-refractivity contribution in [1.29, 1.82) is 0 Å². The average Bonchev–Trinajstić information content (AvgIpc) is 2.72. The van der Waals surface area contributed by atoms with Crippen molar-refractivity contribution in [2.75, 3.05) is 0 Å². The first-order valence-electron chi connectivity index (χ1n) is 6.19. The van der Waals surface area contributed by atoms with E-state index in [4.69, 9.17) is 0 Å². The summed E-state index contributed by atoms with van der Waals surface area (Å²) < 4.78 is 0. The maximum atomic E-state index is 10.1. The van der Waals surface area contributed by atoms with Gasteiger partial charge in [-0.3, -0.25) is 0 Å². The van der Waals surface area contributed by atoms with Gasteiger partial charge in [-0.25, -0.2) is 0 Å². The predicted octanol–water partition coefficient (Wildman–Crippen LogP) is 3.28. The molecule has 1 nitrogen and oxygen atoms in total. The molecule has 1 N–H and O–H groups in total. The van der Waals surface area contributed by atoms with Crippen LogP contribution in [0.4, 0.5) is 0 Å². The number of rotatable bonds is 3. The summed E-state index contributed by atoms with van der Waals surface area (Å²) in [6.45, 7) is 0. The summed E-state index contributed by atoms with van der Waals surface area (Å²) in [7, 11) is 0. The summed E-state index contributed by atoms with van der Waals surface area (Å²) in [5, 5.41) is 10.1. The highest BCUT2D eigenvalue weighted by molar-refractivity contribution is 4.92. The fraction of sp³-hybridized carbons (Fsp3) is 0.846. The molecular weight excluding hydrogens is 172 g/mol. The number of hydrogen-bond donors (Lipinski definition) is 1. The van der Waals surface area contributed by atoms with Crippen molar-refractivity contribution < 1.29 is 5.11 Å². The lowest BCUT2D eigenvalue weighted by Crippen LogP contribution is -2.23. The Morgan fingerprint density at radius 3 is 2.57 bits per heavy atom. The molecule has 1 saturated carbocycles. The molecule has 2 aliphatic rings. The van der Waals surface area contributed by atoms with Crippen LogP contribution < -0.4 is 0 Å². The van der Waals surface area contributed by atoms with Gasteiger partial charge in [-0.15, -0.1) is 0 Å². The first-order valence-corrected chi connectivity index (χ1v) is 6.19. The number of allylic oxidation sites excluding steroid dienone is 2. The summed E-state index contributed by atoms with van der Waals surface area (Å²) >= 11 is 0. The summed E-state index contributed by atoms with van der Waals surface area (Å²) in [5.41, 5.74) is 0. The Bertz CT molecular complexity index is 191. The van der Waals surface area contributed by atoms with Gasteiger partial charge in [0.25, 0.3) is 0 Å². The molecule has 0 aliphatic heterocycles. The highest BCUT2D eigenvalue weighted by Crippen LogP contribution is 2.32. The molecule has 1 fully saturated rings. The highest BCUT2D eigenvalue weighted by atomic mass is 16.3. The van der Waals surface area contributed by atoms with Crippen LogP contribution in [0, 0.1) is 11.8 Å². The van der Waals surface area contributed by atoms with Crippen molar-refractivity contribution in [3.63, 3.8) is 0 Å². The molecule has 0 aromatic rings. The van der Waals surface area contributed by atoms with E-state index in [1.54, 1.807) is 0 Å². The van der Waals surface area contributed by atoms with Crippen molar-refractivity contribution >= 4 is 0 Å². The molecule has 14 heavy (non-hydrogen) atoms. The standard InChI is InChI=1S/C13H22O/c14-13(10-11-6-4-5-7-11)12-8-2-1-3-9-12/h1-2,11-14H,3-10H2. The average molecular weight is 194 g/mol. The minimum Gasteiger partial charge on any atom is -0.393 e. The van der Waals surface area contributed by atoms with E-state index in [0.29, 0.717) is 5.92 Å². The normalized spacial score (nSPS) is 30.8. The molecule has 2 unspecified atom stereocenters. The zero-order valence-corrected chi connectivity index (χ0v) is 8.99. The lowest BCUT2D eigenvalue weighted by molar-refractivity contribution is 0.0775. The first-order chi connectivity index (χ1) is 6.86. The van der Waals surface area contributed by atoms with Gasteiger partial charge in [0.2, 0.25) is 0 Å². The summed E-state index contributed by atoms with van der Waals surface area (Å²) in [6, 6.07) is 0. The maximum absolute atomic E-state index is 10.1. The lowest BCUT2D eigenvalue weighted by atomic mass is 9.84. The number of aliphatic hydroxyl groups is 1. The zero-order chi connectivity index (χ0) is 9.80. The van der Waals surface area contributed by atoms with Crippen LogP contribution in [0.1, 0.15) is 51.4 Å². The van der Waals surface area contributed by atoms with E-state index in [9.17, 15) is 5.11 Å². The molecule has 2 aliphatic carbocycles. The Morgan fingerprint density at radius 1 is 1.14 bits per heavy atom. The Kier molecular flexibility index (Phi) is 3.63. The number of aliphatic hydroxyl groups excluding tert-OH is 1. The number of hydrogen-bond acceptors (Lipinski definition) is 1. The quantitative estimate of drug-likeness (QED) is 0.684. The molecule has 0 amide bonds. The minimum absolute atomic E-state index is 0.0250. The maximum Gasteiger partial charge on any atom is 0.0574 e. The van der Waals surface area contributed by atoms with E-state index in [2.05, 4.69) is 12.2 Å². The fourth-order valence-corrected chi connectivity index (χ4v) is 2.95. The minimum atomic E-state index is -0.0250. The molecule has 80 valence electrons. The van der Waals surface area contributed by atoms with E-state index in [-0.39, 0.29) is 6.10 Å². The van der Waals surface area contributed by atoms with Gasteiger partial charge in [0.15, 0.2) is 0 Å². The molecule has 1 heteroatoms. The van der Waals surface area contributed by atoms with Gasteiger partial charge < -0.3 is 5.11 Å². The van der Waals surface area contributed by atoms with Crippen LogP contribution in [0.25, 0.3) is 0 Å². The van der Waals surface area contributed by atoms with Crippen LogP contribution >= 0.6 is 0 Å². The highest BCUT2D eigenvalue weighted by Gasteiger charge is 2.24. The van der Waals surface area contributed by atoms with Gasteiger partial charge in [0, 0.05) is 0 Å². The van der Waals surface area contributed by atoms with Crippen molar-refractivity contribution in [3.05, 3.63) is 12.2 Å². The predicted molar refractivity (Wildman–Crippen MR) is 59.1 cm³/mol. The molecular formula is C13H22O. The lowest BCUT2D eigenvalue weighted by Gasteiger charge is -2.25. The second-order valence-electron chi connectivity index (χ2n) is 5.00. The Labute approximate surface area is 87.2 Å². The smallest absolute Gasteiger partial charge is 0.0574 e. The summed E-state index contributed by atoms with van der Waals surface area (Å²) in [4.78, 5) is 0. The van der Waals surface area contributed by atoms with Crippen molar-refractivity contribution in [1.82, 2.24) is 0 Å². The Hall–Kier alpha value is -0.300. The third kappa shape index (κ3) is 2.60. The molecule has 0 heterocycles. The molecule has 2 atom stereocenters. The van der Waals surface area contributed by atoms with Crippen LogP contribution in [0.5, 0.6) is 0 Å². The molecule has 2 rings (SSSR count). The molecule has 0 aromatic heterocycles. The summed E-state index contributed by atoms with van der Waals surface area (Å²) in [5.74, 6) is 1.39. The van der Waals surface area contributed by atoms with E-state index < -0.39 is 0 Å². The molecule has 0 saturated heterocycles. The van der Waals surface area contributed by atoms with Crippen molar-refractivity contribution in [2.45, 2.75) is 57.5 Å². The van der Waals surface area contributed by atoms with Crippen molar-refractivity contribution in [2.24, 2.45) is 11.8 Å². The third-order valence-electron chi connectivity index (χ3n) is 3.90. The van der Waals surface area contributed by atoms with E-state index in [0.717, 1.165) is 18.8 Å². The molecule has 0 radical (unpaired) electrons. The van der Waals surface area contributed by atoms with Gasteiger partial charge in [0.05, 0.1) is 6.10 Å². The third-order valence-corrected chi connectivity index (χ3v) is 3.90. The molecule has 0 bridgehead atoms. The first kappa shape index (κ1) is 10.2. The van der Waals surface area contributed by atoms with Gasteiger partial charge in [-0.2, -0.15) is 0 Å². The summed E-state index contributed by atoms with van der Waals surface area (Å²) in [6.07, 6.45) is 14.5. The Balaban J connectivity index is 1.76. The van der Waals surface area contributed by atoms with Gasteiger partial charge >= 0.3 is 0 Å². The van der Waals surface area contributed by atoms with Gasteiger partial charge in [-0.1, -0.05) is 37.8 Å². The molecule has 0 spiro atoms. The SMILES string of the molecule is OC(CC1CCCC1)C1CC=CCC1. The van der Waals surface area contributed by atoms with Crippen LogP contribution in [-0.2, 0) is 0 Å². The van der Waals surface area contributed by atoms with Crippen LogP contribution in [-0.4, -0.2) is 11.2 Å². The van der Waals surface area contributed by atoms with Crippen LogP contribution in [0.15, 0.2) is 12.2 Å². The Morgan fingerprint density at radius 2 is 1.93 bits per heavy atom. The topological polar surface area (TPSA) is 20.2 Å². The second-order valence-corrected chi connectivity index (χ2v) is 5.00. The second kappa shape index (κ2) is 4.97.